The molecular formula is C33H43N6O9P. The van der Waals surface area contributed by atoms with Crippen LogP contribution in [0.2, 0.25) is 0 Å². The number of imidazole rings is 1. The Hall–Kier alpha value is -3.85. The van der Waals surface area contributed by atoms with E-state index in [1.807, 2.05) is 30.3 Å². The SMILES string of the molecule is C[C@@H]1NP(=O)(Oc2cccc3ccccc23)OCC2OC(n3cnc4c(nc(N)nc43)OCCCCCCCCCOC1=O)[C@](C)(O)[C@@H]2O. The van der Waals surface area contributed by atoms with Gasteiger partial charge in [0.1, 0.15) is 29.6 Å². The lowest BCUT2D eigenvalue weighted by Crippen LogP contribution is -2.44. The van der Waals surface area contributed by atoms with Gasteiger partial charge in [0.25, 0.3) is 0 Å². The quantitative estimate of drug-likeness (QED) is 0.169. The maximum atomic E-state index is 14.4. The largest absolute Gasteiger partial charge is 0.476 e. The normalized spacial score (nSPS) is 29.7. The summed E-state index contributed by atoms with van der Waals surface area (Å²) in [5.41, 5.74) is 4.69. The average molecular weight is 699 g/mol. The van der Waals surface area contributed by atoms with Gasteiger partial charge in [0, 0.05) is 5.39 Å². The number of hydrogen-bond donors (Lipinski definition) is 4. The fourth-order valence-corrected chi connectivity index (χ4v) is 7.59. The summed E-state index contributed by atoms with van der Waals surface area (Å²) in [6.45, 7) is 3.02. The Morgan fingerprint density at radius 2 is 1.71 bits per heavy atom. The molecule has 0 aliphatic carbocycles. The van der Waals surface area contributed by atoms with Crippen LogP contribution in [0.5, 0.6) is 11.6 Å². The molecule has 6 bridgehead atoms. The first-order valence-corrected chi connectivity index (χ1v) is 18.1. The third-order valence-electron chi connectivity index (χ3n) is 8.77. The second-order valence-electron chi connectivity index (χ2n) is 12.6. The maximum absolute atomic E-state index is 14.4. The molecule has 6 rings (SSSR count). The number of cyclic esters (lactones) is 1. The number of fused-ring (bicyclic) bond motifs is 4. The van der Waals surface area contributed by atoms with E-state index < -0.39 is 50.4 Å². The van der Waals surface area contributed by atoms with Crippen LogP contribution >= 0.6 is 7.75 Å². The van der Waals surface area contributed by atoms with Crippen molar-refractivity contribution >= 4 is 41.6 Å². The van der Waals surface area contributed by atoms with Crippen LogP contribution < -0.4 is 20.1 Å². The Kier molecular flexibility index (Phi) is 10.7. The molecule has 2 aliphatic rings. The predicted octanol–water partition coefficient (Wildman–Crippen LogP) is 4.42. The van der Waals surface area contributed by atoms with Gasteiger partial charge in [0.15, 0.2) is 17.4 Å². The number of carbonyl (C=O) groups excluding carboxylic acids is 1. The Morgan fingerprint density at radius 1 is 1.02 bits per heavy atom. The van der Waals surface area contributed by atoms with Gasteiger partial charge in [-0.3, -0.25) is 13.9 Å². The molecule has 2 aromatic carbocycles. The molecule has 16 heteroatoms. The van der Waals surface area contributed by atoms with Crippen molar-refractivity contribution in [1.29, 1.82) is 0 Å². The number of aliphatic hydroxyl groups excluding tert-OH is 1. The number of nitrogens with zero attached hydrogens (tertiary/aromatic N) is 4. The number of benzene rings is 2. The predicted molar refractivity (Wildman–Crippen MR) is 180 cm³/mol. The van der Waals surface area contributed by atoms with Crippen molar-refractivity contribution in [3.05, 3.63) is 48.8 Å². The molecule has 0 amide bonds. The molecule has 1 fully saturated rings. The third-order valence-corrected chi connectivity index (χ3v) is 10.4. The highest BCUT2D eigenvalue weighted by atomic mass is 31.2. The van der Waals surface area contributed by atoms with Crippen LogP contribution in [0.4, 0.5) is 5.95 Å². The Labute approximate surface area is 283 Å². The highest BCUT2D eigenvalue weighted by Crippen LogP contribution is 2.48. The molecule has 5 N–H and O–H groups in total. The van der Waals surface area contributed by atoms with Gasteiger partial charge in [0.2, 0.25) is 11.8 Å². The highest BCUT2D eigenvalue weighted by molar-refractivity contribution is 7.52. The molecule has 3 unspecified atom stereocenters. The zero-order valence-electron chi connectivity index (χ0n) is 27.6. The van der Waals surface area contributed by atoms with Gasteiger partial charge in [0.05, 0.1) is 26.1 Å². The number of aliphatic hydroxyl groups is 2. The fraction of sp³-hybridized carbons (Fsp3) is 0.515. The third kappa shape index (κ3) is 7.82. The van der Waals surface area contributed by atoms with Gasteiger partial charge in [-0.1, -0.05) is 68.5 Å². The molecule has 1 saturated heterocycles. The number of rotatable bonds is 2. The number of esters is 1. The average Bonchev–Trinajstić information content (AvgIpc) is 3.59. The number of carbonyl (C=O) groups is 1. The molecule has 4 aromatic rings. The van der Waals surface area contributed by atoms with E-state index >= 15 is 0 Å². The second kappa shape index (κ2) is 15.0. The lowest BCUT2D eigenvalue weighted by atomic mass is 9.96. The van der Waals surface area contributed by atoms with Crippen LogP contribution in [-0.4, -0.2) is 79.4 Å². The number of nitrogens with two attached hydrogens (primary N) is 1. The van der Waals surface area contributed by atoms with E-state index in [0.717, 1.165) is 43.9 Å². The van der Waals surface area contributed by atoms with E-state index in [4.69, 9.17) is 29.0 Å². The van der Waals surface area contributed by atoms with E-state index in [-0.39, 0.29) is 29.8 Å². The summed E-state index contributed by atoms with van der Waals surface area (Å²) in [6, 6.07) is 11.6. The van der Waals surface area contributed by atoms with Crippen molar-refractivity contribution in [2.45, 2.75) is 88.9 Å². The number of aromatic nitrogens is 4. The molecule has 2 aromatic heterocycles. The van der Waals surface area contributed by atoms with Crippen molar-refractivity contribution in [2.75, 3.05) is 25.6 Å². The van der Waals surface area contributed by atoms with Crippen molar-refractivity contribution < 1.29 is 42.8 Å². The van der Waals surface area contributed by atoms with Crippen LogP contribution in [0, 0.1) is 0 Å². The number of ether oxygens (including phenoxy) is 3. The summed E-state index contributed by atoms with van der Waals surface area (Å²) in [7, 11) is -4.36. The van der Waals surface area contributed by atoms with Gasteiger partial charge in [-0.2, -0.15) is 15.1 Å². The van der Waals surface area contributed by atoms with Gasteiger partial charge >= 0.3 is 13.7 Å². The summed E-state index contributed by atoms with van der Waals surface area (Å²) in [5, 5.41) is 27.0. The van der Waals surface area contributed by atoms with Crippen molar-refractivity contribution in [1.82, 2.24) is 24.6 Å². The smallest absolute Gasteiger partial charge is 0.459 e. The summed E-state index contributed by atoms with van der Waals surface area (Å²) < 4.78 is 45.3. The topological polar surface area (TPSA) is 202 Å². The molecule has 6 atom stereocenters. The monoisotopic (exact) mass is 698 g/mol. The van der Waals surface area contributed by atoms with E-state index in [1.54, 1.807) is 12.1 Å². The number of nitrogen functional groups attached to an aromatic ring is 1. The second-order valence-corrected chi connectivity index (χ2v) is 14.3. The zero-order chi connectivity index (χ0) is 34.6. The minimum Gasteiger partial charge on any atom is -0.476 e. The van der Waals surface area contributed by atoms with Crippen molar-refractivity contribution in [2.24, 2.45) is 0 Å². The minimum absolute atomic E-state index is 0.0611. The maximum Gasteiger partial charge on any atom is 0.459 e. The molecule has 0 spiro atoms. The molecule has 15 nitrogen and oxygen atoms in total. The number of anilines is 1. The molecule has 2 aliphatic heterocycles. The molecular weight excluding hydrogens is 655 g/mol. The Morgan fingerprint density at radius 3 is 2.49 bits per heavy atom. The van der Waals surface area contributed by atoms with Crippen LogP contribution in [0.3, 0.4) is 0 Å². The van der Waals surface area contributed by atoms with E-state index in [1.165, 1.54) is 24.7 Å². The first-order chi connectivity index (χ1) is 23.6. The summed E-state index contributed by atoms with van der Waals surface area (Å²) in [4.78, 5) is 25.9. The Balaban J connectivity index is 1.30. The first kappa shape index (κ1) is 35.0. The summed E-state index contributed by atoms with van der Waals surface area (Å²) >= 11 is 0. The first-order valence-electron chi connectivity index (χ1n) is 16.6. The van der Waals surface area contributed by atoms with Crippen LogP contribution in [0.1, 0.15) is 65.0 Å². The number of nitrogens with one attached hydrogen (secondary N) is 1. The number of hydrogen-bond acceptors (Lipinski definition) is 13. The van der Waals surface area contributed by atoms with E-state index in [9.17, 15) is 19.6 Å². The van der Waals surface area contributed by atoms with Gasteiger partial charge < -0.3 is 34.7 Å². The standard InChI is InChI=1S/C33H43N6O9P/c1-21-30(41)45-18-11-7-5-3-4-6-10-17-44-29-26-28(36-32(34)37-29)39(20-35-26)31-33(2,42)27(40)25(47-31)19-46-49(43,38-21)48-24-16-12-14-22-13-8-9-15-23(22)24/h8-9,12-16,20-21,25,27,31,40,42H,3-7,10-11,17-19H2,1-2H3,(H,38,43)(H2,34,36,37)/t21-,25?,27+,31?,33+,49?/m0/s1. The van der Waals surface area contributed by atoms with Crippen molar-refractivity contribution in [3.8, 4) is 11.6 Å². The van der Waals surface area contributed by atoms with Crippen molar-refractivity contribution in [3.63, 3.8) is 0 Å². The molecule has 0 radical (unpaired) electrons. The van der Waals surface area contributed by atoms with Crippen LogP contribution in [0.25, 0.3) is 21.9 Å². The molecule has 4 heterocycles. The zero-order valence-corrected chi connectivity index (χ0v) is 28.5. The lowest BCUT2D eigenvalue weighted by Gasteiger charge is -2.27. The van der Waals surface area contributed by atoms with E-state index in [0.29, 0.717) is 23.9 Å². The van der Waals surface area contributed by atoms with Gasteiger partial charge in [-0.25, -0.2) is 9.55 Å². The fourth-order valence-electron chi connectivity index (χ4n) is 6.07. The van der Waals surface area contributed by atoms with Gasteiger partial charge in [-0.15, -0.1) is 0 Å². The van der Waals surface area contributed by atoms with Gasteiger partial charge in [-0.05, 0) is 38.1 Å². The summed E-state index contributed by atoms with van der Waals surface area (Å²) in [5.74, 6) is -0.225. The minimum atomic E-state index is -4.36. The van der Waals surface area contributed by atoms with Crippen LogP contribution in [-0.2, 0) is 23.4 Å². The molecule has 49 heavy (non-hydrogen) atoms. The van der Waals surface area contributed by atoms with Crippen LogP contribution in [0.15, 0.2) is 48.8 Å². The highest BCUT2D eigenvalue weighted by Gasteiger charge is 2.54. The summed E-state index contributed by atoms with van der Waals surface area (Å²) in [6.07, 6.45) is 3.84. The Bertz CT molecular complexity index is 1810. The van der Waals surface area contributed by atoms with E-state index in [2.05, 4.69) is 20.0 Å². The molecule has 264 valence electrons. The lowest BCUT2D eigenvalue weighted by molar-refractivity contribution is -0.145. The molecule has 0 saturated carbocycles.